The number of nitrogens with one attached hydrogen (secondary N) is 2. The number of aryl methyl sites for hydroxylation is 1. The van der Waals surface area contributed by atoms with Crippen molar-refractivity contribution in [2.75, 3.05) is 26.7 Å². The van der Waals surface area contributed by atoms with E-state index < -0.39 is 0 Å². The van der Waals surface area contributed by atoms with Crippen LogP contribution in [-0.2, 0) is 6.54 Å². The van der Waals surface area contributed by atoms with E-state index in [0.29, 0.717) is 6.04 Å². The van der Waals surface area contributed by atoms with Crippen LogP contribution in [0.5, 0.6) is 0 Å². The van der Waals surface area contributed by atoms with Crippen LogP contribution in [0.4, 0.5) is 0 Å². The summed E-state index contributed by atoms with van der Waals surface area (Å²) in [5.41, 5.74) is 1.94. The molecule has 1 atom stereocenters. The van der Waals surface area contributed by atoms with Gasteiger partial charge in [-0.2, -0.15) is 0 Å². The van der Waals surface area contributed by atoms with Gasteiger partial charge in [-0.25, -0.2) is 4.79 Å². The minimum absolute atomic E-state index is 0.00407. The van der Waals surface area contributed by atoms with E-state index >= 15 is 0 Å². The summed E-state index contributed by atoms with van der Waals surface area (Å²) >= 11 is 0. The van der Waals surface area contributed by atoms with Gasteiger partial charge in [-0.05, 0) is 45.0 Å². The first-order chi connectivity index (χ1) is 10.3. The first kappa shape index (κ1) is 14.4. The number of aromatic amines is 1. The molecule has 0 amide bonds. The fourth-order valence-corrected chi connectivity index (χ4v) is 3.42. The lowest BCUT2D eigenvalue weighted by Crippen LogP contribution is -2.37. The third-order valence-corrected chi connectivity index (χ3v) is 4.45. The molecule has 0 saturated carbocycles. The Morgan fingerprint density at radius 3 is 3.05 bits per heavy atom. The fourth-order valence-electron chi connectivity index (χ4n) is 3.42. The van der Waals surface area contributed by atoms with Crippen LogP contribution >= 0.6 is 0 Å². The number of aromatic nitrogens is 2. The fraction of sp³-hybridized carbons (Fsp3) is 0.562. The van der Waals surface area contributed by atoms with Gasteiger partial charge >= 0.3 is 5.69 Å². The molecule has 0 radical (unpaired) electrons. The minimum atomic E-state index is 0.00407. The van der Waals surface area contributed by atoms with E-state index in [4.69, 9.17) is 0 Å². The van der Waals surface area contributed by atoms with Crippen molar-refractivity contribution < 1.29 is 0 Å². The molecule has 1 aliphatic heterocycles. The van der Waals surface area contributed by atoms with E-state index in [-0.39, 0.29) is 5.69 Å². The number of fused-ring (bicyclic) bond motifs is 1. The summed E-state index contributed by atoms with van der Waals surface area (Å²) < 4.78 is 1.86. The summed E-state index contributed by atoms with van der Waals surface area (Å²) in [6, 6.07) is 8.56. The van der Waals surface area contributed by atoms with Gasteiger partial charge in [-0.1, -0.05) is 12.1 Å². The Balaban J connectivity index is 1.62. The van der Waals surface area contributed by atoms with Crippen molar-refractivity contribution in [1.29, 1.82) is 0 Å². The highest BCUT2D eigenvalue weighted by atomic mass is 16.1. The Hall–Kier alpha value is -1.59. The molecular weight excluding hydrogens is 264 g/mol. The number of hydrogen-bond donors (Lipinski definition) is 2. The summed E-state index contributed by atoms with van der Waals surface area (Å²) in [4.78, 5) is 17.5. The highest BCUT2D eigenvalue weighted by Gasteiger charge is 2.22. The van der Waals surface area contributed by atoms with Gasteiger partial charge in [-0.15, -0.1) is 0 Å². The lowest BCUT2D eigenvalue weighted by Gasteiger charge is -2.24. The molecule has 5 nitrogen and oxygen atoms in total. The molecule has 2 N–H and O–H groups in total. The van der Waals surface area contributed by atoms with E-state index in [1.165, 1.54) is 19.4 Å². The molecule has 1 aliphatic rings. The summed E-state index contributed by atoms with van der Waals surface area (Å²) in [5, 5.41) is 3.28. The molecule has 1 aromatic carbocycles. The molecule has 5 heteroatoms. The van der Waals surface area contributed by atoms with Crippen LogP contribution in [0.3, 0.4) is 0 Å². The Morgan fingerprint density at radius 2 is 2.19 bits per heavy atom. The third-order valence-electron chi connectivity index (χ3n) is 4.45. The number of benzene rings is 1. The molecule has 114 valence electrons. The molecule has 3 rings (SSSR count). The van der Waals surface area contributed by atoms with Gasteiger partial charge in [0.2, 0.25) is 0 Å². The Bertz CT molecular complexity index is 645. The van der Waals surface area contributed by atoms with Crippen LogP contribution in [0, 0.1) is 0 Å². The summed E-state index contributed by atoms with van der Waals surface area (Å²) in [6.45, 7) is 4.10. The zero-order valence-corrected chi connectivity index (χ0v) is 12.6. The molecule has 1 saturated heterocycles. The zero-order valence-electron chi connectivity index (χ0n) is 12.6. The molecule has 0 bridgehead atoms. The maximum atomic E-state index is 12.0. The number of likely N-dealkylation sites (tertiary alicyclic amines) is 1. The van der Waals surface area contributed by atoms with Crippen LogP contribution in [0.25, 0.3) is 11.0 Å². The second kappa shape index (κ2) is 6.45. The van der Waals surface area contributed by atoms with Crippen LogP contribution in [0.15, 0.2) is 29.1 Å². The van der Waals surface area contributed by atoms with E-state index in [1.54, 1.807) is 0 Å². The number of likely N-dealkylation sites (N-methyl/N-ethyl adjacent to an activating group) is 1. The molecule has 21 heavy (non-hydrogen) atoms. The van der Waals surface area contributed by atoms with E-state index in [1.807, 2.05) is 35.9 Å². The number of imidazole rings is 1. The molecule has 1 fully saturated rings. The Labute approximate surface area is 125 Å². The lowest BCUT2D eigenvalue weighted by molar-refractivity contribution is 0.243. The second-order valence-electron chi connectivity index (χ2n) is 5.84. The molecule has 1 aromatic heterocycles. The third kappa shape index (κ3) is 3.04. The lowest BCUT2D eigenvalue weighted by atomic mass is 10.2. The largest absolute Gasteiger partial charge is 0.326 e. The van der Waals surface area contributed by atoms with E-state index in [0.717, 1.165) is 37.1 Å². The van der Waals surface area contributed by atoms with Gasteiger partial charge in [0.05, 0.1) is 11.0 Å². The normalized spacial score (nSPS) is 19.6. The quantitative estimate of drug-likeness (QED) is 0.845. The Morgan fingerprint density at radius 1 is 1.33 bits per heavy atom. The number of H-pyrrole nitrogens is 1. The average molecular weight is 288 g/mol. The first-order valence-corrected chi connectivity index (χ1v) is 7.86. The second-order valence-corrected chi connectivity index (χ2v) is 5.84. The minimum Gasteiger partial charge on any atom is -0.318 e. The van der Waals surface area contributed by atoms with E-state index in [9.17, 15) is 4.79 Å². The maximum Gasteiger partial charge on any atom is 0.326 e. The van der Waals surface area contributed by atoms with Gasteiger partial charge < -0.3 is 10.3 Å². The summed E-state index contributed by atoms with van der Waals surface area (Å²) in [7, 11) is 2.02. The standard InChI is InChI=1S/C16H24N4O/c1-17-12-13-6-4-9-19(13)10-5-11-20-15-8-3-2-7-14(15)18-16(20)21/h2-3,7-8,13,17H,4-6,9-12H2,1H3,(H,18,21). The SMILES string of the molecule is CNCC1CCCN1CCCn1c(=O)[nH]c2ccccc21. The van der Waals surface area contributed by atoms with Gasteiger partial charge in [0.15, 0.2) is 0 Å². The molecule has 2 heterocycles. The van der Waals surface area contributed by atoms with Crippen molar-refractivity contribution in [3.63, 3.8) is 0 Å². The number of hydrogen-bond acceptors (Lipinski definition) is 3. The monoisotopic (exact) mass is 288 g/mol. The van der Waals surface area contributed by atoms with E-state index in [2.05, 4.69) is 15.2 Å². The molecule has 2 aromatic rings. The van der Waals surface area contributed by atoms with Crippen molar-refractivity contribution in [3.8, 4) is 0 Å². The molecule has 0 aliphatic carbocycles. The van der Waals surface area contributed by atoms with Crippen molar-refractivity contribution in [2.45, 2.75) is 31.8 Å². The predicted molar refractivity (Wildman–Crippen MR) is 85.7 cm³/mol. The van der Waals surface area contributed by atoms with Crippen molar-refractivity contribution in [2.24, 2.45) is 0 Å². The number of rotatable bonds is 6. The topological polar surface area (TPSA) is 53.1 Å². The van der Waals surface area contributed by atoms with Gasteiger partial charge in [0.1, 0.15) is 0 Å². The molecular formula is C16H24N4O. The van der Waals surface area contributed by atoms with Crippen LogP contribution in [0.1, 0.15) is 19.3 Å². The van der Waals surface area contributed by atoms with Crippen LogP contribution < -0.4 is 11.0 Å². The average Bonchev–Trinajstić information content (AvgIpc) is 3.05. The number of para-hydroxylation sites is 2. The molecule has 1 unspecified atom stereocenters. The van der Waals surface area contributed by atoms with Crippen molar-refractivity contribution >= 4 is 11.0 Å². The zero-order chi connectivity index (χ0) is 14.7. The first-order valence-electron chi connectivity index (χ1n) is 7.86. The maximum absolute atomic E-state index is 12.0. The smallest absolute Gasteiger partial charge is 0.318 e. The summed E-state index contributed by atoms with van der Waals surface area (Å²) in [5.74, 6) is 0. The van der Waals surface area contributed by atoms with Crippen molar-refractivity contribution in [1.82, 2.24) is 19.8 Å². The summed E-state index contributed by atoms with van der Waals surface area (Å²) in [6.07, 6.45) is 3.59. The van der Waals surface area contributed by atoms with Gasteiger partial charge in [-0.3, -0.25) is 9.47 Å². The number of nitrogens with zero attached hydrogens (tertiary/aromatic N) is 2. The van der Waals surface area contributed by atoms with Crippen LogP contribution in [-0.4, -0.2) is 47.2 Å². The van der Waals surface area contributed by atoms with Gasteiger partial charge in [0, 0.05) is 25.7 Å². The highest BCUT2D eigenvalue weighted by Crippen LogP contribution is 2.17. The predicted octanol–water partition coefficient (Wildman–Crippen LogP) is 1.40. The molecule has 0 spiro atoms. The van der Waals surface area contributed by atoms with Crippen LogP contribution in [0.2, 0.25) is 0 Å². The van der Waals surface area contributed by atoms with Gasteiger partial charge in [0.25, 0.3) is 0 Å². The van der Waals surface area contributed by atoms with Crippen molar-refractivity contribution in [3.05, 3.63) is 34.7 Å². The highest BCUT2D eigenvalue weighted by molar-refractivity contribution is 5.74. The Kier molecular flexibility index (Phi) is 4.41.